The number of nitrogens with zero attached hydrogens (tertiary/aromatic N) is 2. The first-order valence-electron chi connectivity index (χ1n) is 6.73. The van der Waals surface area contributed by atoms with E-state index in [1.807, 2.05) is 6.07 Å². The van der Waals surface area contributed by atoms with E-state index in [0.717, 1.165) is 18.8 Å². The van der Waals surface area contributed by atoms with E-state index in [0.29, 0.717) is 25.1 Å². The number of aromatic nitrogens is 1. The van der Waals surface area contributed by atoms with Crippen molar-refractivity contribution in [3.05, 3.63) is 23.9 Å². The summed E-state index contributed by atoms with van der Waals surface area (Å²) < 4.78 is 0. The van der Waals surface area contributed by atoms with Gasteiger partial charge in [-0.25, -0.2) is 4.98 Å². The first-order valence-corrected chi connectivity index (χ1v) is 6.73. The molecule has 1 aromatic rings. The average molecular weight is 263 g/mol. The second kappa shape index (κ2) is 5.57. The van der Waals surface area contributed by atoms with E-state index in [-0.39, 0.29) is 5.91 Å². The van der Waals surface area contributed by atoms with Gasteiger partial charge < -0.3 is 15.3 Å². The van der Waals surface area contributed by atoms with E-state index in [9.17, 15) is 9.90 Å². The zero-order valence-corrected chi connectivity index (χ0v) is 11.5. The molecule has 0 aliphatic carbocycles. The number of carbonyl (C=O) groups excluding carboxylic acids is 1. The maximum absolute atomic E-state index is 12.2. The third-order valence-corrected chi connectivity index (χ3v) is 3.31. The van der Waals surface area contributed by atoms with Crippen LogP contribution in [0, 0.1) is 0 Å². The standard InChI is InChI=1S/C14H21N3O2/c1-3-7-15-12-5-4-11(9-16-12)13(18)17-8-6-14(2,19)10-17/h4-5,9,19H,3,6-8,10H2,1-2H3,(H,15,16). The van der Waals surface area contributed by atoms with Crippen LogP contribution >= 0.6 is 0 Å². The quantitative estimate of drug-likeness (QED) is 0.864. The number of rotatable bonds is 4. The fourth-order valence-electron chi connectivity index (χ4n) is 2.18. The number of β-amino-alcohol motifs (C(OH)–C–C–N with tert-alkyl or cyclic N) is 1. The Kier molecular flexibility index (Phi) is 4.04. The number of amides is 1. The molecule has 0 aromatic carbocycles. The molecule has 1 amide bonds. The lowest BCUT2D eigenvalue weighted by Crippen LogP contribution is -2.33. The van der Waals surface area contributed by atoms with Crippen LogP contribution in [0.3, 0.4) is 0 Å². The molecule has 2 heterocycles. The summed E-state index contributed by atoms with van der Waals surface area (Å²) in [5, 5.41) is 13.0. The summed E-state index contributed by atoms with van der Waals surface area (Å²) in [7, 11) is 0. The van der Waals surface area contributed by atoms with Gasteiger partial charge in [-0.15, -0.1) is 0 Å². The molecule has 19 heavy (non-hydrogen) atoms. The van der Waals surface area contributed by atoms with Crippen molar-refractivity contribution < 1.29 is 9.90 Å². The molecule has 1 saturated heterocycles. The van der Waals surface area contributed by atoms with Gasteiger partial charge in [-0.05, 0) is 31.9 Å². The van der Waals surface area contributed by atoms with Crippen molar-refractivity contribution in [3.8, 4) is 0 Å². The van der Waals surface area contributed by atoms with E-state index in [1.54, 1.807) is 24.1 Å². The zero-order valence-electron chi connectivity index (χ0n) is 11.5. The van der Waals surface area contributed by atoms with Crippen molar-refractivity contribution in [2.75, 3.05) is 25.0 Å². The van der Waals surface area contributed by atoms with E-state index >= 15 is 0 Å². The third kappa shape index (κ3) is 3.44. The zero-order chi connectivity index (χ0) is 13.9. The van der Waals surface area contributed by atoms with Gasteiger partial charge in [-0.1, -0.05) is 6.92 Å². The Labute approximate surface area is 113 Å². The van der Waals surface area contributed by atoms with Crippen LogP contribution < -0.4 is 5.32 Å². The van der Waals surface area contributed by atoms with Gasteiger partial charge in [-0.3, -0.25) is 4.79 Å². The predicted octanol–water partition coefficient (Wildman–Crippen LogP) is 1.50. The number of carbonyl (C=O) groups is 1. The molecule has 2 N–H and O–H groups in total. The molecular formula is C14H21N3O2. The Bertz CT molecular complexity index is 443. The van der Waals surface area contributed by atoms with Crippen molar-refractivity contribution in [1.82, 2.24) is 9.88 Å². The van der Waals surface area contributed by atoms with Crippen molar-refractivity contribution in [2.24, 2.45) is 0 Å². The molecule has 0 saturated carbocycles. The summed E-state index contributed by atoms with van der Waals surface area (Å²) in [5.41, 5.74) is -0.189. The topological polar surface area (TPSA) is 65.5 Å². The SMILES string of the molecule is CCCNc1ccc(C(=O)N2CCC(C)(O)C2)cn1. The molecular weight excluding hydrogens is 242 g/mol. The number of nitrogens with one attached hydrogen (secondary N) is 1. The summed E-state index contributed by atoms with van der Waals surface area (Å²) in [5.74, 6) is 0.721. The van der Waals surface area contributed by atoms with Gasteiger partial charge in [-0.2, -0.15) is 0 Å². The van der Waals surface area contributed by atoms with Crippen molar-refractivity contribution in [3.63, 3.8) is 0 Å². The number of anilines is 1. The number of hydrogen-bond acceptors (Lipinski definition) is 4. The molecule has 0 bridgehead atoms. The van der Waals surface area contributed by atoms with Gasteiger partial charge in [0.05, 0.1) is 11.2 Å². The highest BCUT2D eigenvalue weighted by molar-refractivity contribution is 5.94. The molecule has 1 aliphatic rings. The maximum atomic E-state index is 12.2. The summed E-state index contributed by atoms with van der Waals surface area (Å²) in [6.45, 7) is 5.71. The molecule has 1 unspecified atom stereocenters. The summed E-state index contributed by atoms with van der Waals surface area (Å²) in [6.07, 6.45) is 3.25. The van der Waals surface area contributed by atoms with Gasteiger partial charge in [0, 0.05) is 25.8 Å². The number of hydrogen-bond donors (Lipinski definition) is 2. The molecule has 1 atom stereocenters. The van der Waals surface area contributed by atoms with Crippen LogP contribution in [-0.4, -0.2) is 46.1 Å². The van der Waals surface area contributed by atoms with Crippen LogP contribution in [0.15, 0.2) is 18.3 Å². The molecule has 1 aromatic heterocycles. The minimum atomic E-state index is -0.758. The minimum Gasteiger partial charge on any atom is -0.388 e. The maximum Gasteiger partial charge on any atom is 0.255 e. The van der Waals surface area contributed by atoms with Gasteiger partial charge in [0.25, 0.3) is 5.91 Å². The molecule has 2 rings (SSSR count). The Morgan fingerprint density at radius 1 is 1.58 bits per heavy atom. The summed E-state index contributed by atoms with van der Waals surface area (Å²) in [6, 6.07) is 3.59. The van der Waals surface area contributed by atoms with Crippen LogP contribution in [0.2, 0.25) is 0 Å². The van der Waals surface area contributed by atoms with E-state index in [1.165, 1.54) is 0 Å². The number of aliphatic hydroxyl groups is 1. The molecule has 1 aliphatic heterocycles. The van der Waals surface area contributed by atoms with Gasteiger partial charge in [0.1, 0.15) is 5.82 Å². The van der Waals surface area contributed by atoms with Crippen LogP contribution in [0.1, 0.15) is 37.0 Å². The van der Waals surface area contributed by atoms with Crippen molar-refractivity contribution >= 4 is 11.7 Å². The highest BCUT2D eigenvalue weighted by Gasteiger charge is 2.34. The Balaban J connectivity index is 2.00. The molecule has 0 radical (unpaired) electrons. The Hall–Kier alpha value is -1.62. The second-order valence-electron chi connectivity index (χ2n) is 5.33. The van der Waals surface area contributed by atoms with E-state index < -0.39 is 5.60 Å². The monoisotopic (exact) mass is 263 g/mol. The first-order chi connectivity index (χ1) is 9.02. The first kappa shape index (κ1) is 13.8. The van der Waals surface area contributed by atoms with Crippen LogP contribution in [0.5, 0.6) is 0 Å². The molecule has 104 valence electrons. The lowest BCUT2D eigenvalue weighted by Gasteiger charge is -2.19. The second-order valence-corrected chi connectivity index (χ2v) is 5.33. The Morgan fingerprint density at radius 3 is 2.89 bits per heavy atom. The van der Waals surface area contributed by atoms with Crippen molar-refractivity contribution in [2.45, 2.75) is 32.3 Å². The summed E-state index contributed by atoms with van der Waals surface area (Å²) >= 11 is 0. The van der Waals surface area contributed by atoms with Crippen LogP contribution in [0.25, 0.3) is 0 Å². The molecule has 5 nitrogen and oxygen atoms in total. The van der Waals surface area contributed by atoms with E-state index in [4.69, 9.17) is 0 Å². The van der Waals surface area contributed by atoms with Gasteiger partial charge in [0.2, 0.25) is 0 Å². The van der Waals surface area contributed by atoms with Crippen LogP contribution in [0.4, 0.5) is 5.82 Å². The van der Waals surface area contributed by atoms with E-state index in [2.05, 4.69) is 17.2 Å². The van der Waals surface area contributed by atoms with Gasteiger partial charge in [0.15, 0.2) is 0 Å². The predicted molar refractivity (Wildman–Crippen MR) is 74.2 cm³/mol. The molecule has 5 heteroatoms. The highest BCUT2D eigenvalue weighted by Crippen LogP contribution is 2.22. The number of pyridine rings is 1. The lowest BCUT2D eigenvalue weighted by molar-refractivity contribution is 0.0572. The van der Waals surface area contributed by atoms with Crippen LogP contribution in [-0.2, 0) is 0 Å². The third-order valence-electron chi connectivity index (χ3n) is 3.31. The fourth-order valence-corrected chi connectivity index (χ4v) is 2.18. The minimum absolute atomic E-state index is 0.0627. The van der Waals surface area contributed by atoms with Crippen molar-refractivity contribution in [1.29, 1.82) is 0 Å². The molecule has 0 spiro atoms. The normalized spacial score (nSPS) is 22.6. The van der Waals surface area contributed by atoms with Gasteiger partial charge >= 0.3 is 0 Å². The Morgan fingerprint density at radius 2 is 2.37 bits per heavy atom. The average Bonchev–Trinajstić information content (AvgIpc) is 2.76. The fraction of sp³-hybridized carbons (Fsp3) is 0.571. The highest BCUT2D eigenvalue weighted by atomic mass is 16.3. The summed E-state index contributed by atoms with van der Waals surface area (Å²) in [4.78, 5) is 18.1. The lowest BCUT2D eigenvalue weighted by atomic mass is 10.1. The largest absolute Gasteiger partial charge is 0.388 e. The molecule has 1 fully saturated rings. The number of likely N-dealkylation sites (tertiary alicyclic amines) is 1. The smallest absolute Gasteiger partial charge is 0.255 e.